The number of ether oxygens (including phenoxy) is 2. The van der Waals surface area contributed by atoms with Gasteiger partial charge < -0.3 is 20.1 Å². The summed E-state index contributed by atoms with van der Waals surface area (Å²) >= 11 is 0. The maximum absolute atomic E-state index is 11.6. The van der Waals surface area contributed by atoms with E-state index < -0.39 is 0 Å². The van der Waals surface area contributed by atoms with E-state index in [1.807, 2.05) is 61.5 Å². The number of rotatable bonds is 10. The van der Waals surface area contributed by atoms with E-state index in [1.54, 1.807) is 0 Å². The second-order valence-electron chi connectivity index (χ2n) is 5.24. The summed E-state index contributed by atoms with van der Waals surface area (Å²) < 4.78 is 11.3. The predicted octanol–water partition coefficient (Wildman–Crippen LogP) is 3.08. The zero-order chi connectivity index (χ0) is 17.0. The van der Waals surface area contributed by atoms with E-state index in [0.717, 1.165) is 23.6 Å². The Morgan fingerprint density at radius 2 is 1.67 bits per heavy atom. The Bertz CT molecular complexity index is 617. The first-order chi connectivity index (χ1) is 11.8. The third-order valence-corrected chi connectivity index (χ3v) is 3.22. The molecule has 2 aromatic carbocycles. The zero-order valence-electron chi connectivity index (χ0n) is 14.0. The molecular weight excluding hydrogens is 304 g/mol. The van der Waals surface area contributed by atoms with Gasteiger partial charge in [0.1, 0.15) is 24.7 Å². The summed E-state index contributed by atoms with van der Waals surface area (Å²) in [6.45, 7) is 3.90. The van der Waals surface area contributed by atoms with Crippen molar-refractivity contribution < 1.29 is 14.3 Å². The molecule has 0 atom stereocenters. The first-order valence-electron chi connectivity index (χ1n) is 8.19. The molecule has 0 saturated heterocycles. The topological polar surface area (TPSA) is 59.6 Å². The van der Waals surface area contributed by atoms with Crippen molar-refractivity contribution in [1.29, 1.82) is 0 Å². The van der Waals surface area contributed by atoms with Crippen molar-refractivity contribution in [2.75, 3.05) is 31.6 Å². The number of hydrogen-bond acceptors (Lipinski definition) is 4. The Labute approximate surface area is 143 Å². The summed E-state index contributed by atoms with van der Waals surface area (Å²) in [6.07, 6.45) is 0.931. The number of hydrogen-bond donors (Lipinski definition) is 2. The molecule has 2 N–H and O–H groups in total. The van der Waals surface area contributed by atoms with Gasteiger partial charge in [0.15, 0.2) is 0 Å². The number of nitrogens with one attached hydrogen (secondary N) is 2. The van der Waals surface area contributed by atoms with Crippen LogP contribution in [0.25, 0.3) is 0 Å². The Balaban J connectivity index is 1.71. The molecule has 2 rings (SSSR count). The van der Waals surface area contributed by atoms with Gasteiger partial charge in [-0.25, -0.2) is 0 Å². The number of carbonyl (C=O) groups is 1. The lowest BCUT2D eigenvalue weighted by Crippen LogP contribution is -2.30. The van der Waals surface area contributed by atoms with Crippen LogP contribution in [0, 0.1) is 0 Å². The third-order valence-electron chi connectivity index (χ3n) is 3.22. The molecule has 5 nitrogen and oxygen atoms in total. The lowest BCUT2D eigenvalue weighted by Gasteiger charge is -2.11. The van der Waals surface area contributed by atoms with Gasteiger partial charge >= 0.3 is 0 Å². The molecular formula is C19H24N2O3. The maximum atomic E-state index is 11.6. The molecule has 1 amide bonds. The molecule has 0 aliphatic heterocycles. The normalized spacial score (nSPS) is 10.0. The predicted molar refractivity (Wildman–Crippen MR) is 95.7 cm³/mol. The minimum atomic E-state index is -0.0144. The minimum absolute atomic E-state index is 0.0144. The van der Waals surface area contributed by atoms with Gasteiger partial charge in [0, 0.05) is 18.3 Å². The van der Waals surface area contributed by atoms with E-state index in [9.17, 15) is 4.79 Å². The number of amides is 1. The van der Waals surface area contributed by atoms with Crippen molar-refractivity contribution in [2.24, 2.45) is 0 Å². The van der Waals surface area contributed by atoms with Crippen molar-refractivity contribution in [3.05, 3.63) is 54.6 Å². The van der Waals surface area contributed by atoms with Crippen molar-refractivity contribution >= 4 is 11.6 Å². The minimum Gasteiger partial charge on any atom is -0.490 e. The molecule has 0 fully saturated rings. The van der Waals surface area contributed by atoms with Gasteiger partial charge in [0.05, 0.1) is 6.54 Å². The molecule has 0 aliphatic carbocycles. The highest BCUT2D eigenvalue weighted by atomic mass is 16.5. The molecule has 0 radical (unpaired) electrons. The first kappa shape index (κ1) is 17.7. The summed E-state index contributed by atoms with van der Waals surface area (Å²) in [7, 11) is 0. The zero-order valence-corrected chi connectivity index (χ0v) is 14.0. The fourth-order valence-electron chi connectivity index (χ4n) is 2.04. The standard InChI is InChI=1S/C19H24N2O3/c1-2-11-20-19(22)15-21-16-7-6-10-18(14-16)24-13-12-23-17-8-4-3-5-9-17/h3-10,14,21H,2,11-13,15H2,1H3,(H,20,22). The van der Waals surface area contributed by atoms with Crippen LogP contribution >= 0.6 is 0 Å². The van der Waals surface area contributed by atoms with Crippen LogP contribution in [-0.2, 0) is 4.79 Å². The largest absolute Gasteiger partial charge is 0.490 e. The lowest BCUT2D eigenvalue weighted by molar-refractivity contribution is -0.119. The Kier molecular flexibility index (Phi) is 7.47. The summed E-state index contributed by atoms with van der Waals surface area (Å²) in [5.74, 6) is 1.56. The molecule has 0 aromatic heterocycles. The molecule has 0 aliphatic rings. The monoisotopic (exact) mass is 328 g/mol. The summed E-state index contributed by atoms with van der Waals surface area (Å²) in [5.41, 5.74) is 0.850. The van der Waals surface area contributed by atoms with Gasteiger partial charge in [-0.2, -0.15) is 0 Å². The highest BCUT2D eigenvalue weighted by molar-refractivity contribution is 5.80. The summed E-state index contributed by atoms with van der Waals surface area (Å²) in [6, 6.07) is 17.2. The van der Waals surface area contributed by atoms with E-state index in [0.29, 0.717) is 19.8 Å². The van der Waals surface area contributed by atoms with E-state index >= 15 is 0 Å². The van der Waals surface area contributed by atoms with Crippen LogP contribution in [0.4, 0.5) is 5.69 Å². The molecule has 0 saturated carbocycles. The number of carbonyl (C=O) groups excluding carboxylic acids is 1. The fraction of sp³-hybridized carbons (Fsp3) is 0.316. The smallest absolute Gasteiger partial charge is 0.239 e. The van der Waals surface area contributed by atoms with Crippen LogP contribution in [0.1, 0.15) is 13.3 Å². The van der Waals surface area contributed by atoms with Crippen molar-refractivity contribution in [3.63, 3.8) is 0 Å². The Hall–Kier alpha value is -2.69. The van der Waals surface area contributed by atoms with Crippen LogP contribution in [-0.4, -0.2) is 32.2 Å². The fourth-order valence-corrected chi connectivity index (χ4v) is 2.04. The molecule has 5 heteroatoms. The highest BCUT2D eigenvalue weighted by Crippen LogP contribution is 2.17. The average Bonchev–Trinajstić information content (AvgIpc) is 2.63. The number of benzene rings is 2. The second-order valence-corrected chi connectivity index (χ2v) is 5.24. The summed E-state index contributed by atoms with van der Waals surface area (Å²) in [4.78, 5) is 11.6. The molecule has 0 heterocycles. The maximum Gasteiger partial charge on any atom is 0.239 e. The molecule has 0 unspecified atom stereocenters. The first-order valence-corrected chi connectivity index (χ1v) is 8.19. The third kappa shape index (κ3) is 6.60. The molecule has 0 bridgehead atoms. The van der Waals surface area contributed by atoms with E-state index in [1.165, 1.54) is 0 Å². The van der Waals surface area contributed by atoms with Gasteiger partial charge in [-0.15, -0.1) is 0 Å². The quantitative estimate of drug-likeness (QED) is 0.658. The number of para-hydroxylation sites is 1. The van der Waals surface area contributed by atoms with E-state index in [-0.39, 0.29) is 12.5 Å². The van der Waals surface area contributed by atoms with Gasteiger partial charge in [0.2, 0.25) is 5.91 Å². The molecule has 128 valence electrons. The summed E-state index contributed by atoms with van der Waals surface area (Å²) in [5, 5.41) is 5.91. The van der Waals surface area contributed by atoms with Crippen molar-refractivity contribution in [2.45, 2.75) is 13.3 Å². The number of anilines is 1. The molecule has 0 spiro atoms. The Morgan fingerprint density at radius 3 is 2.42 bits per heavy atom. The van der Waals surface area contributed by atoms with Gasteiger partial charge in [-0.3, -0.25) is 4.79 Å². The average molecular weight is 328 g/mol. The highest BCUT2D eigenvalue weighted by Gasteiger charge is 2.01. The van der Waals surface area contributed by atoms with Crippen molar-refractivity contribution in [3.8, 4) is 11.5 Å². The van der Waals surface area contributed by atoms with Crippen LogP contribution in [0.3, 0.4) is 0 Å². The van der Waals surface area contributed by atoms with E-state index in [2.05, 4.69) is 10.6 Å². The van der Waals surface area contributed by atoms with Gasteiger partial charge in [-0.05, 0) is 30.7 Å². The van der Waals surface area contributed by atoms with E-state index in [4.69, 9.17) is 9.47 Å². The lowest BCUT2D eigenvalue weighted by atomic mass is 10.3. The van der Waals surface area contributed by atoms with Crippen LogP contribution in [0.5, 0.6) is 11.5 Å². The van der Waals surface area contributed by atoms with Crippen LogP contribution in [0.15, 0.2) is 54.6 Å². The van der Waals surface area contributed by atoms with Crippen LogP contribution < -0.4 is 20.1 Å². The second kappa shape index (κ2) is 10.2. The van der Waals surface area contributed by atoms with Gasteiger partial charge in [0.25, 0.3) is 0 Å². The van der Waals surface area contributed by atoms with Crippen molar-refractivity contribution in [1.82, 2.24) is 5.32 Å². The SMILES string of the molecule is CCCNC(=O)CNc1cccc(OCCOc2ccccc2)c1. The van der Waals surface area contributed by atoms with Gasteiger partial charge in [-0.1, -0.05) is 31.2 Å². The molecule has 2 aromatic rings. The Morgan fingerprint density at radius 1 is 0.958 bits per heavy atom. The van der Waals surface area contributed by atoms with Crippen LogP contribution in [0.2, 0.25) is 0 Å². The molecule has 24 heavy (non-hydrogen) atoms.